The maximum Gasteiger partial charge on any atom is 0.337 e. The van der Waals surface area contributed by atoms with Crippen molar-refractivity contribution in [3.63, 3.8) is 0 Å². The van der Waals surface area contributed by atoms with Crippen molar-refractivity contribution in [2.75, 3.05) is 24.8 Å². The van der Waals surface area contributed by atoms with Crippen LogP contribution in [-0.4, -0.2) is 44.3 Å². The number of methoxy groups -OCH3 is 1. The molecule has 2 aromatic rings. The fourth-order valence-corrected chi connectivity index (χ4v) is 3.19. The maximum atomic E-state index is 11.6. The van der Waals surface area contributed by atoms with Gasteiger partial charge in [-0.1, -0.05) is 0 Å². The highest BCUT2D eigenvalue weighted by Gasteiger charge is 2.18. The number of sulfone groups is 1. The molecule has 0 unspecified atom stereocenters. The second kappa shape index (κ2) is 7.27. The smallest absolute Gasteiger partial charge is 0.337 e. The second-order valence-electron chi connectivity index (χ2n) is 4.87. The molecule has 24 heavy (non-hydrogen) atoms. The minimum absolute atomic E-state index is 0.235. The normalized spacial score (nSPS) is 11.2. The number of carbonyl (C=O) groups excluding carboxylic acids is 1. The number of aromatic nitrogens is 2. The van der Waals surface area contributed by atoms with Crippen LogP contribution in [0.1, 0.15) is 17.3 Å². The lowest BCUT2D eigenvalue weighted by molar-refractivity contribution is 0.0600. The Bertz CT molecular complexity index is 871. The van der Waals surface area contributed by atoms with E-state index in [1.165, 1.54) is 13.3 Å². The summed E-state index contributed by atoms with van der Waals surface area (Å²) in [5.74, 6) is 0.00569. The summed E-state index contributed by atoms with van der Waals surface area (Å²) in [4.78, 5) is 21.3. The number of hydrogen-bond donors (Lipinski definition) is 0. The van der Waals surface area contributed by atoms with Gasteiger partial charge in [0.15, 0.2) is 0 Å². The van der Waals surface area contributed by atoms with Crippen molar-refractivity contribution < 1.29 is 17.9 Å². The standard InChI is InChI=1S/C15H16BrN3O4S/c1-4-19(13-7-8-17-15(18-13)24(3,21)22)12-6-5-10(9-11(12)16)14(20)23-2/h5-9H,4H2,1-3H3. The Morgan fingerprint density at radius 3 is 2.58 bits per heavy atom. The first-order valence-electron chi connectivity index (χ1n) is 6.96. The van der Waals surface area contributed by atoms with E-state index < -0.39 is 15.8 Å². The molecule has 0 amide bonds. The number of halogens is 1. The zero-order valence-corrected chi connectivity index (χ0v) is 15.8. The van der Waals surface area contributed by atoms with E-state index in [0.717, 1.165) is 11.9 Å². The SMILES string of the molecule is CCN(c1ccnc(S(C)(=O)=O)n1)c1ccc(C(=O)OC)cc1Br. The van der Waals surface area contributed by atoms with Gasteiger partial charge >= 0.3 is 5.97 Å². The van der Waals surface area contributed by atoms with Gasteiger partial charge in [-0.3, -0.25) is 0 Å². The third-order valence-electron chi connectivity index (χ3n) is 3.20. The summed E-state index contributed by atoms with van der Waals surface area (Å²) in [5, 5.41) is -0.235. The predicted molar refractivity (Wildman–Crippen MR) is 93.3 cm³/mol. The average Bonchev–Trinajstić information content (AvgIpc) is 2.55. The third kappa shape index (κ3) is 3.90. The van der Waals surface area contributed by atoms with Gasteiger partial charge in [0.2, 0.25) is 15.0 Å². The molecular formula is C15H16BrN3O4S. The highest BCUT2D eigenvalue weighted by atomic mass is 79.9. The van der Waals surface area contributed by atoms with Crippen LogP contribution in [0.25, 0.3) is 0 Å². The van der Waals surface area contributed by atoms with Crippen LogP contribution in [0.3, 0.4) is 0 Å². The number of rotatable bonds is 5. The number of ether oxygens (including phenoxy) is 1. The van der Waals surface area contributed by atoms with Crippen molar-refractivity contribution in [2.24, 2.45) is 0 Å². The van der Waals surface area contributed by atoms with Crippen molar-refractivity contribution in [3.8, 4) is 0 Å². The van der Waals surface area contributed by atoms with Crippen molar-refractivity contribution in [3.05, 3.63) is 40.5 Å². The van der Waals surface area contributed by atoms with Crippen molar-refractivity contribution >= 4 is 43.2 Å². The maximum absolute atomic E-state index is 11.6. The first-order chi connectivity index (χ1) is 11.3. The van der Waals surface area contributed by atoms with Crippen LogP contribution in [0.2, 0.25) is 0 Å². The molecule has 0 radical (unpaired) electrons. The van der Waals surface area contributed by atoms with Gasteiger partial charge in [-0.2, -0.15) is 0 Å². The molecule has 128 valence electrons. The van der Waals surface area contributed by atoms with Crippen LogP contribution < -0.4 is 4.90 Å². The van der Waals surface area contributed by atoms with Crippen LogP contribution >= 0.6 is 15.9 Å². The molecule has 0 aliphatic rings. The first-order valence-corrected chi connectivity index (χ1v) is 9.65. The molecule has 0 aliphatic heterocycles. The minimum atomic E-state index is -3.50. The summed E-state index contributed by atoms with van der Waals surface area (Å²) in [5.41, 5.74) is 1.15. The molecule has 1 heterocycles. The molecule has 7 nitrogen and oxygen atoms in total. The molecular weight excluding hydrogens is 398 g/mol. The molecule has 0 N–H and O–H groups in total. The summed E-state index contributed by atoms with van der Waals surface area (Å²) < 4.78 is 28.7. The second-order valence-corrected chi connectivity index (χ2v) is 7.64. The van der Waals surface area contributed by atoms with Crippen LogP contribution in [-0.2, 0) is 14.6 Å². The minimum Gasteiger partial charge on any atom is -0.465 e. The Morgan fingerprint density at radius 2 is 2.04 bits per heavy atom. The van der Waals surface area contributed by atoms with E-state index >= 15 is 0 Å². The van der Waals surface area contributed by atoms with Crippen molar-refractivity contribution in [1.29, 1.82) is 0 Å². The molecule has 0 aliphatic carbocycles. The average molecular weight is 414 g/mol. The van der Waals surface area contributed by atoms with E-state index in [2.05, 4.69) is 25.9 Å². The number of anilines is 2. The molecule has 0 bridgehead atoms. The fourth-order valence-electron chi connectivity index (χ4n) is 2.09. The van der Waals surface area contributed by atoms with E-state index in [9.17, 15) is 13.2 Å². The van der Waals surface area contributed by atoms with Gasteiger partial charge in [-0.05, 0) is 47.1 Å². The molecule has 0 saturated heterocycles. The summed E-state index contributed by atoms with van der Waals surface area (Å²) in [6.07, 6.45) is 2.46. The topological polar surface area (TPSA) is 89.5 Å². The summed E-state index contributed by atoms with van der Waals surface area (Å²) in [7, 11) is -2.19. The molecule has 0 fully saturated rings. The number of carbonyl (C=O) groups is 1. The lowest BCUT2D eigenvalue weighted by atomic mass is 10.2. The lowest BCUT2D eigenvalue weighted by Crippen LogP contribution is -2.19. The monoisotopic (exact) mass is 413 g/mol. The van der Waals surface area contributed by atoms with E-state index in [1.807, 2.05) is 11.8 Å². The van der Waals surface area contributed by atoms with Gasteiger partial charge in [0.25, 0.3) is 0 Å². The summed E-state index contributed by atoms with van der Waals surface area (Å²) >= 11 is 3.43. The van der Waals surface area contributed by atoms with Crippen molar-refractivity contribution in [1.82, 2.24) is 9.97 Å². The zero-order valence-electron chi connectivity index (χ0n) is 13.4. The van der Waals surface area contributed by atoms with Gasteiger partial charge in [0, 0.05) is 23.5 Å². The summed E-state index contributed by atoms with van der Waals surface area (Å²) in [6.45, 7) is 2.44. The number of esters is 1. The van der Waals surface area contributed by atoms with Gasteiger partial charge < -0.3 is 9.64 Å². The van der Waals surface area contributed by atoms with E-state index in [1.54, 1.807) is 24.3 Å². The Kier molecular flexibility index (Phi) is 5.55. The molecule has 9 heteroatoms. The first kappa shape index (κ1) is 18.3. The summed E-state index contributed by atoms with van der Waals surface area (Å²) in [6, 6.07) is 6.64. The third-order valence-corrected chi connectivity index (χ3v) is 4.70. The molecule has 2 rings (SSSR count). The molecule has 1 aromatic heterocycles. The van der Waals surface area contributed by atoms with E-state index in [0.29, 0.717) is 22.4 Å². The molecule has 0 spiro atoms. The van der Waals surface area contributed by atoms with Crippen molar-refractivity contribution in [2.45, 2.75) is 12.1 Å². The van der Waals surface area contributed by atoms with Gasteiger partial charge in [0.1, 0.15) is 5.82 Å². The molecule has 0 saturated carbocycles. The Hall–Kier alpha value is -2.00. The highest BCUT2D eigenvalue weighted by molar-refractivity contribution is 9.10. The number of nitrogens with zero attached hydrogens (tertiary/aromatic N) is 3. The number of hydrogen-bond acceptors (Lipinski definition) is 7. The Labute approximate surface area is 148 Å². The fraction of sp³-hybridized carbons (Fsp3) is 0.267. The van der Waals surface area contributed by atoms with Gasteiger partial charge in [0.05, 0.1) is 18.4 Å². The predicted octanol–water partition coefficient (Wildman–Crippen LogP) is 2.59. The zero-order chi connectivity index (χ0) is 17.9. The van der Waals surface area contributed by atoms with Gasteiger partial charge in [-0.15, -0.1) is 0 Å². The van der Waals surface area contributed by atoms with E-state index in [-0.39, 0.29) is 5.16 Å². The number of benzene rings is 1. The van der Waals surface area contributed by atoms with E-state index in [4.69, 9.17) is 4.74 Å². The van der Waals surface area contributed by atoms with Gasteiger partial charge in [-0.25, -0.2) is 23.2 Å². The highest BCUT2D eigenvalue weighted by Crippen LogP contribution is 2.32. The Morgan fingerprint density at radius 1 is 1.33 bits per heavy atom. The largest absolute Gasteiger partial charge is 0.465 e. The van der Waals surface area contributed by atoms with Crippen LogP contribution in [0.15, 0.2) is 40.1 Å². The Balaban J connectivity index is 2.48. The van der Waals surface area contributed by atoms with Crippen LogP contribution in [0.4, 0.5) is 11.5 Å². The van der Waals surface area contributed by atoms with Crippen LogP contribution in [0.5, 0.6) is 0 Å². The quantitative estimate of drug-likeness (QED) is 0.549. The molecule has 1 aromatic carbocycles. The lowest BCUT2D eigenvalue weighted by Gasteiger charge is -2.23. The van der Waals surface area contributed by atoms with Crippen LogP contribution in [0, 0.1) is 0 Å². The molecule has 0 atom stereocenters.